The molecule has 3 atom stereocenters. The minimum atomic E-state index is -3.21. The van der Waals surface area contributed by atoms with Crippen molar-refractivity contribution in [3.63, 3.8) is 0 Å². The Kier molecular flexibility index (Phi) is 12.4. The van der Waals surface area contributed by atoms with E-state index in [-0.39, 0.29) is 36.0 Å². The maximum atomic E-state index is 15.0. The lowest BCUT2D eigenvalue weighted by atomic mass is 9.79. The molecular weight excluding hydrogens is 738 g/mol. The van der Waals surface area contributed by atoms with Crippen molar-refractivity contribution in [3.05, 3.63) is 164 Å². The quantitative estimate of drug-likeness (QED) is 0.0310. The molecule has 2 heterocycles. The normalized spacial score (nSPS) is 15.9. The second-order valence-electron chi connectivity index (χ2n) is 14.5. The second kappa shape index (κ2) is 17.4. The molecule has 0 aliphatic carbocycles. The zero-order chi connectivity index (χ0) is 39.9. The number of ketones is 1. The zero-order valence-corrected chi connectivity index (χ0v) is 33.9. The number of benzene rings is 4. The van der Waals surface area contributed by atoms with Gasteiger partial charge in [0.1, 0.15) is 12.0 Å². The van der Waals surface area contributed by atoms with Crippen LogP contribution in [0.5, 0.6) is 0 Å². The molecule has 1 aliphatic heterocycles. The molecule has 6 rings (SSSR count). The van der Waals surface area contributed by atoms with Crippen molar-refractivity contribution < 1.29 is 28.3 Å². The molecule has 11 heteroatoms. The van der Waals surface area contributed by atoms with Gasteiger partial charge in [-0.15, -0.1) is 0 Å². The first-order chi connectivity index (χ1) is 27.0. The lowest BCUT2D eigenvalue weighted by molar-refractivity contribution is -0.156. The number of carbonyl (C=O) groups excluding carboxylic acids is 4. The fourth-order valence-electron chi connectivity index (χ4n) is 7.34. The van der Waals surface area contributed by atoms with E-state index in [1.54, 1.807) is 48.8 Å². The lowest BCUT2D eigenvalue weighted by Gasteiger charge is -2.52. The minimum Gasteiger partial charge on any atom is -0.457 e. The number of carbonyl (C=O) groups is 4. The van der Waals surface area contributed by atoms with E-state index < -0.39 is 39.2 Å². The summed E-state index contributed by atoms with van der Waals surface area (Å²) in [5, 5.41) is 5.35. The molecule has 1 aliphatic rings. The predicted octanol–water partition coefficient (Wildman–Crippen LogP) is 6.83. The molecule has 4 aromatic carbocycles. The van der Waals surface area contributed by atoms with E-state index in [0.29, 0.717) is 16.8 Å². The van der Waals surface area contributed by atoms with Gasteiger partial charge in [0, 0.05) is 42.5 Å². The number of pyridine rings is 1. The molecule has 0 bridgehead atoms. The Morgan fingerprint density at radius 2 is 1.36 bits per heavy atom. The van der Waals surface area contributed by atoms with E-state index in [9.17, 15) is 19.2 Å². The third kappa shape index (κ3) is 8.43. The maximum absolute atomic E-state index is 15.0. The van der Waals surface area contributed by atoms with Crippen molar-refractivity contribution in [1.29, 1.82) is 0 Å². The number of amides is 2. The summed E-state index contributed by atoms with van der Waals surface area (Å²) in [6.07, 6.45) is 3.96. The number of aromatic nitrogens is 1. The summed E-state index contributed by atoms with van der Waals surface area (Å²) in [6, 6.07) is 38.3. The Morgan fingerprint density at radius 3 is 1.88 bits per heavy atom. The van der Waals surface area contributed by atoms with Gasteiger partial charge in [-0.1, -0.05) is 116 Å². The van der Waals surface area contributed by atoms with Gasteiger partial charge >= 0.3 is 5.97 Å². The van der Waals surface area contributed by atoms with Gasteiger partial charge in [0.05, 0.1) is 18.1 Å². The van der Waals surface area contributed by atoms with Crippen LogP contribution < -0.4 is 21.2 Å². The molecular formula is C45H46N3O6PSi. The largest absolute Gasteiger partial charge is 0.457 e. The smallest absolute Gasteiger partial charge is 0.356 e. The summed E-state index contributed by atoms with van der Waals surface area (Å²) in [6.45, 7) is 8.49. The van der Waals surface area contributed by atoms with E-state index in [1.165, 1.54) is 11.0 Å². The van der Waals surface area contributed by atoms with Crippen LogP contribution in [0.3, 0.4) is 0 Å². The standard InChI is InChI=1S/C45H46N3O6PSi/c1-6-29-53-45(52)44(55(36-19-10-7-11-20-36,37-21-12-8-13-22-37)38-23-14-9-15-24-38)48-39(41(43(48)51)32(2)54-56(3,4)5)31-40(49)33-17-16-18-34(30-33)42(50)47-35-25-27-46-28-26-35/h6-28,30,32,39,41H,1,29,31H2,2-5H3,(H,46,47,50)/t32-,39-,41-/m1/s1. The van der Waals surface area contributed by atoms with E-state index in [1.807, 2.05) is 118 Å². The van der Waals surface area contributed by atoms with Crippen molar-refractivity contribution in [3.8, 4) is 0 Å². The van der Waals surface area contributed by atoms with E-state index in [4.69, 9.17) is 9.16 Å². The van der Waals surface area contributed by atoms with Gasteiger partial charge in [-0.05, 0) is 66.7 Å². The van der Waals surface area contributed by atoms with Gasteiger partial charge in [0.15, 0.2) is 14.1 Å². The van der Waals surface area contributed by atoms with Gasteiger partial charge in [-0.2, -0.15) is 0 Å². The number of Topliss-reactive ketones (excluding diaryl/α,β-unsaturated/α-hetero) is 1. The predicted molar refractivity (Wildman–Crippen MR) is 227 cm³/mol. The summed E-state index contributed by atoms with van der Waals surface area (Å²) in [5.41, 5.74) is 1.34. The molecule has 0 radical (unpaired) electrons. The summed E-state index contributed by atoms with van der Waals surface area (Å²) in [7, 11) is -2.17. The molecule has 1 N–H and O–H groups in total. The number of nitrogens with one attached hydrogen (secondary N) is 1. The monoisotopic (exact) mass is 783 g/mol. The minimum absolute atomic E-state index is 0.0841. The van der Waals surface area contributed by atoms with Crippen LogP contribution in [0.15, 0.2) is 152 Å². The summed E-state index contributed by atoms with van der Waals surface area (Å²) in [5.74, 6) is -2.41. The number of anilines is 1. The van der Waals surface area contributed by atoms with Crippen molar-refractivity contribution in [2.75, 3.05) is 11.9 Å². The highest BCUT2D eigenvalue weighted by Crippen LogP contribution is 2.50. The van der Waals surface area contributed by atoms with Gasteiger partial charge in [0.25, 0.3) is 5.91 Å². The number of rotatable bonds is 15. The third-order valence-electron chi connectivity index (χ3n) is 9.58. The Labute approximate surface area is 329 Å². The van der Waals surface area contributed by atoms with E-state index >= 15 is 0 Å². The van der Waals surface area contributed by atoms with Gasteiger partial charge in [0.2, 0.25) is 5.91 Å². The summed E-state index contributed by atoms with van der Waals surface area (Å²) < 4.78 is 12.4. The Morgan fingerprint density at radius 1 is 0.821 bits per heavy atom. The van der Waals surface area contributed by atoms with Gasteiger partial charge in [-0.3, -0.25) is 19.4 Å². The number of ether oxygens (including phenoxy) is 1. The number of hydrogen-bond donors (Lipinski definition) is 1. The summed E-state index contributed by atoms with van der Waals surface area (Å²) in [4.78, 5) is 63.1. The van der Waals surface area contributed by atoms with E-state index in [0.717, 1.165) is 15.9 Å². The van der Waals surface area contributed by atoms with E-state index in [2.05, 4.69) is 16.9 Å². The Bertz CT molecular complexity index is 2160. The fourth-order valence-corrected chi connectivity index (χ4v) is 13.0. The van der Waals surface area contributed by atoms with Crippen LogP contribution >= 0.6 is 6.89 Å². The highest BCUT2D eigenvalue weighted by molar-refractivity contribution is 7.96. The number of esters is 1. The first-order valence-electron chi connectivity index (χ1n) is 18.5. The highest BCUT2D eigenvalue weighted by Gasteiger charge is 2.56. The molecule has 1 fully saturated rings. The first kappa shape index (κ1) is 40.0. The number of β-lactam (4-membered cyclic amide) rings is 1. The van der Waals surface area contributed by atoms with Crippen LogP contribution in [0.2, 0.25) is 19.6 Å². The molecule has 9 nitrogen and oxygen atoms in total. The fraction of sp³-hybridized carbons (Fsp3) is 0.200. The lowest BCUT2D eigenvalue weighted by Crippen LogP contribution is -2.69. The van der Waals surface area contributed by atoms with Crippen LogP contribution in [0.1, 0.15) is 34.1 Å². The van der Waals surface area contributed by atoms with Crippen LogP contribution in [0.4, 0.5) is 5.69 Å². The van der Waals surface area contributed by atoms with Crippen LogP contribution in [0.25, 0.3) is 0 Å². The summed E-state index contributed by atoms with van der Waals surface area (Å²) >= 11 is 0. The molecule has 0 unspecified atom stereocenters. The topological polar surface area (TPSA) is 115 Å². The van der Waals surface area contributed by atoms with Crippen LogP contribution in [0, 0.1) is 5.92 Å². The third-order valence-corrected chi connectivity index (χ3v) is 14.9. The maximum Gasteiger partial charge on any atom is 0.356 e. The molecule has 2 amide bonds. The Balaban J connectivity index is 1.55. The SMILES string of the molecule is C=CCOC(=O)C(N1C(=O)[C@H]([C@@H](C)O[Si](C)(C)C)[C@H]1CC(=O)c1cccc(C(=O)Nc2ccncc2)c1)=P(c1ccccc1)(c1ccccc1)c1ccccc1. The van der Waals surface area contributed by atoms with Crippen molar-refractivity contribution in [1.82, 2.24) is 9.88 Å². The van der Waals surface area contributed by atoms with Crippen molar-refractivity contribution in [2.24, 2.45) is 5.92 Å². The molecule has 286 valence electrons. The molecule has 1 saturated heterocycles. The molecule has 0 spiro atoms. The second-order valence-corrected chi connectivity index (χ2v) is 22.3. The van der Waals surface area contributed by atoms with Crippen molar-refractivity contribution >= 4 is 65.8 Å². The zero-order valence-electron chi connectivity index (χ0n) is 32.0. The number of nitrogens with zero attached hydrogens (tertiary/aromatic N) is 2. The molecule has 5 aromatic rings. The Hall–Kier alpha value is -5.67. The van der Waals surface area contributed by atoms with Crippen LogP contribution in [-0.4, -0.2) is 65.9 Å². The molecule has 0 saturated carbocycles. The van der Waals surface area contributed by atoms with Gasteiger partial charge in [-0.25, -0.2) is 4.79 Å². The average Bonchev–Trinajstić information content (AvgIpc) is 3.20. The molecule has 56 heavy (non-hydrogen) atoms. The average molecular weight is 784 g/mol. The number of likely N-dealkylation sites (tertiary alicyclic amines) is 1. The van der Waals surface area contributed by atoms with Crippen molar-refractivity contribution in [2.45, 2.75) is 45.1 Å². The van der Waals surface area contributed by atoms with Gasteiger partial charge < -0.3 is 19.4 Å². The molecule has 1 aromatic heterocycles. The number of hydrogen-bond acceptors (Lipinski definition) is 7. The highest BCUT2D eigenvalue weighted by atomic mass is 31.2. The first-order valence-corrected chi connectivity index (χ1v) is 23.7. The van der Waals surface area contributed by atoms with Crippen LogP contribution in [-0.2, 0) is 18.8 Å².